The quantitative estimate of drug-likeness (QED) is 0.525. The third kappa shape index (κ3) is 5.57. The van der Waals surface area contributed by atoms with Crippen LogP contribution in [0.5, 0.6) is 0 Å². The molecule has 8 heteroatoms. The lowest BCUT2D eigenvalue weighted by molar-refractivity contribution is 0.244. The number of aromatic nitrogens is 1. The molecule has 0 aliphatic carbocycles. The molecule has 2 heterocycles. The number of likely N-dealkylation sites (N-methyl/N-ethyl adjacent to an activating group) is 1. The van der Waals surface area contributed by atoms with Crippen molar-refractivity contribution >= 4 is 46.2 Å². The van der Waals surface area contributed by atoms with Gasteiger partial charge in [0.25, 0.3) is 0 Å². The second kappa shape index (κ2) is 9.56. The number of amides is 2. The molecule has 2 N–H and O–H groups in total. The second-order valence-electron chi connectivity index (χ2n) is 6.66. The monoisotopic (exact) mass is 432 g/mol. The molecule has 0 aliphatic rings. The van der Waals surface area contributed by atoms with Gasteiger partial charge in [0, 0.05) is 33.1 Å². The first-order chi connectivity index (χ1) is 13.4. The third-order valence-corrected chi connectivity index (χ3v) is 7.22. The van der Waals surface area contributed by atoms with Crippen LogP contribution in [-0.2, 0) is 0 Å². The zero-order chi connectivity index (χ0) is 20.1. The fourth-order valence-electron chi connectivity index (χ4n) is 2.69. The molecule has 1 unspecified atom stereocenters. The maximum absolute atomic E-state index is 12.4. The van der Waals surface area contributed by atoms with Gasteiger partial charge in [-0.1, -0.05) is 17.8 Å². The predicted octanol–water partition coefficient (Wildman–Crippen LogP) is 5.40. The van der Waals surface area contributed by atoms with Crippen LogP contribution in [-0.4, -0.2) is 36.6 Å². The highest BCUT2D eigenvalue weighted by atomic mass is 32.2. The third-order valence-electron chi connectivity index (χ3n) is 4.20. The Kier molecular flexibility index (Phi) is 7.12. The topological polar surface area (TPSA) is 57.3 Å². The van der Waals surface area contributed by atoms with E-state index < -0.39 is 0 Å². The van der Waals surface area contributed by atoms with Gasteiger partial charge in [-0.2, -0.15) is 0 Å². The SMILES string of the molecule is Cc1csc(Sc2ccc(NC(=O)NCC(c3cccs3)N(C)C)c(C)c2)n1. The Morgan fingerprint density at radius 3 is 2.68 bits per heavy atom. The summed E-state index contributed by atoms with van der Waals surface area (Å²) in [6.07, 6.45) is 0. The molecule has 1 aromatic carbocycles. The van der Waals surface area contributed by atoms with E-state index in [1.54, 1.807) is 34.4 Å². The minimum Gasteiger partial charge on any atom is -0.336 e. The first kappa shape index (κ1) is 20.9. The minimum absolute atomic E-state index is 0.160. The summed E-state index contributed by atoms with van der Waals surface area (Å²) in [4.78, 5) is 21.3. The largest absolute Gasteiger partial charge is 0.336 e. The van der Waals surface area contributed by atoms with Gasteiger partial charge in [0.2, 0.25) is 0 Å². The van der Waals surface area contributed by atoms with Gasteiger partial charge in [0.05, 0.1) is 6.04 Å². The number of thiazole rings is 1. The zero-order valence-electron chi connectivity index (χ0n) is 16.4. The van der Waals surface area contributed by atoms with Gasteiger partial charge in [0.15, 0.2) is 4.34 Å². The fourth-order valence-corrected chi connectivity index (χ4v) is 5.53. The summed E-state index contributed by atoms with van der Waals surface area (Å²) in [6, 6.07) is 10.1. The first-order valence-corrected chi connectivity index (χ1v) is 11.5. The molecule has 0 saturated carbocycles. The molecule has 2 amide bonds. The van der Waals surface area contributed by atoms with Crippen LogP contribution in [0.4, 0.5) is 10.5 Å². The molecule has 3 rings (SSSR count). The molecule has 0 aliphatic heterocycles. The van der Waals surface area contributed by atoms with Crippen molar-refractivity contribution in [2.45, 2.75) is 29.1 Å². The number of urea groups is 1. The molecule has 0 radical (unpaired) electrons. The summed E-state index contributed by atoms with van der Waals surface area (Å²) in [5.41, 5.74) is 2.88. The van der Waals surface area contributed by atoms with Crippen molar-refractivity contribution in [3.05, 3.63) is 57.2 Å². The average Bonchev–Trinajstić information content (AvgIpc) is 3.29. The highest BCUT2D eigenvalue weighted by molar-refractivity contribution is 8.01. The van der Waals surface area contributed by atoms with Crippen LogP contribution in [0, 0.1) is 13.8 Å². The van der Waals surface area contributed by atoms with Crippen molar-refractivity contribution in [2.24, 2.45) is 0 Å². The van der Waals surface area contributed by atoms with Crippen LogP contribution in [0.15, 0.2) is 50.3 Å². The molecule has 3 aromatic rings. The number of carbonyl (C=O) groups excluding carboxylic acids is 1. The van der Waals surface area contributed by atoms with E-state index in [0.717, 1.165) is 26.2 Å². The van der Waals surface area contributed by atoms with Crippen LogP contribution in [0.3, 0.4) is 0 Å². The fraction of sp³-hybridized carbons (Fsp3) is 0.300. The minimum atomic E-state index is -0.192. The van der Waals surface area contributed by atoms with E-state index in [0.29, 0.717) is 6.54 Å². The van der Waals surface area contributed by atoms with Crippen LogP contribution >= 0.6 is 34.4 Å². The smallest absolute Gasteiger partial charge is 0.319 e. The van der Waals surface area contributed by atoms with Crippen LogP contribution < -0.4 is 10.6 Å². The van der Waals surface area contributed by atoms with Gasteiger partial charge in [-0.25, -0.2) is 9.78 Å². The maximum Gasteiger partial charge on any atom is 0.319 e. The normalized spacial score (nSPS) is 12.2. The summed E-state index contributed by atoms with van der Waals surface area (Å²) < 4.78 is 1.03. The van der Waals surface area contributed by atoms with Crippen LogP contribution in [0.1, 0.15) is 22.2 Å². The van der Waals surface area contributed by atoms with Crippen LogP contribution in [0.25, 0.3) is 0 Å². The average molecular weight is 433 g/mol. The number of nitrogens with one attached hydrogen (secondary N) is 2. The van der Waals surface area contributed by atoms with Gasteiger partial charge in [0.1, 0.15) is 0 Å². The number of rotatable bonds is 7. The van der Waals surface area contributed by atoms with Crippen molar-refractivity contribution in [1.82, 2.24) is 15.2 Å². The number of benzene rings is 1. The molecule has 0 spiro atoms. The molecule has 0 saturated heterocycles. The van der Waals surface area contributed by atoms with Crippen molar-refractivity contribution in [1.29, 1.82) is 0 Å². The van der Waals surface area contributed by atoms with Crippen molar-refractivity contribution < 1.29 is 4.79 Å². The highest BCUT2D eigenvalue weighted by Gasteiger charge is 2.16. The summed E-state index contributed by atoms with van der Waals surface area (Å²) in [6.45, 7) is 4.55. The number of hydrogen-bond donors (Lipinski definition) is 2. The molecule has 1 atom stereocenters. The lowest BCUT2D eigenvalue weighted by Gasteiger charge is -2.23. The van der Waals surface area contributed by atoms with Gasteiger partial charge in [-0.15, -0.1) is 22.7 Å². The van der Waals surface area contributed by atoms with E-state index in [-0.39, 0.29) is 12.1 Å². The second-order valence-corrected chi connectivity index (χ2v) is 9.82. The van der Waals surface area contributed by atoms with Gasteiger partial charge < -0.3 is 15.5 Å². The number of carbonyl (C=O) groups is 1. The van der Waals surface area contributed by atoms with E-state index in [1.807, 2.05) is 51.5 Å². The van der Waals surface area contributed by atoms with E-state index >= 15 is 0 Å². The highest BCUT2D eigenvalue weighted by Crippen LogP contribution is 2.32. The van der Waals surface area contributed by atoms with Crippen LogP contribution in [0.2, 0.25) is 0 Å². The summed E-state index contributed by atoms with van der Waals surface area (Å²) >= 11 is 4.99. The molecule has 2 aromatic heterocycles. The molecular formula is C20H24N4OS3. The number of nitrogens with zero attached hydrogens (tertiary/aromatic N) is 2. The van der Waals surface area contributed by atoms with Gasteiger partial charge in [-0.05, 0) is 63.2 Å². The molecule has 0 fully saturated rings. The standard InChI is InChI=1S/C20H24N4OS3/c1-13-10-15(28-20-22-14(2)12-27-20)7-8-16(13)23-19(25)21-11-17(24(3)4)18-6-5-9-26-18/h5-10,12,17H,11H2,1-4H3,(H2,21,23,25). The summed E-state index contributed by atoms with van der Waals surface area (Å²) in [5, 5.41) is 10.0. The Bertz CT molecular complexity index is 921. The summed E-state index contributed by atoms with van der Waals surface area (Å²) in [7, 11) is 4.04. The van der Waals surface area contributed by atoms with E-state index in [4.69, 9.17) is 0 Å². The first-order valence-electron chi connectivity index (χ1n) is 8.87. The zero-order valence-corrected chi connectivity index (χ0v) is 18.8. The number of thiophene rings is 1. The molecular weight excluding hydrogens is 408 g/mol. The molecule has 148 valence electrons. The van der Waals surface area contributed by atoms with Gasteiger partial charge >= 0.3 is 6.03 Å². The number of aryl methyl sites for hydroxylation is 2. The Morgan fingerprint density at radius 1 is 1.25 bits per heavy atom. The Morgan fingerprint density at radius 2 is 2.07 bits per heavy atom. The van der Waals surface area contributed by atoms with E-state index in [1.165, 1.54) is 4.88 Å². The Labute approximate surface area is 178 Å². The van der Waals surface area contributed by atoms with Gasteiger partial charge in [-0.3, -0.25) is 0 Å². The maximum atomic E-state index is 12.4. The van der Waals surface area contributed by atoms with E-state index in [9.17, 15) is 4.79 Å². The van der Waals surface area contributed by atoms with Crippen molar-refractivity contribution in [3.63, 3.8) is 0 Å². The molecule has 5 nitrogen and oxygen atoms in total. The number of anilines is 1. The van der Waals surface area contributed by atoms with Crippen molar-refractivity contribution in [3.8, 4) is 0 Å². The summed E-state index contributed by atoms with van der Waals surface area (Å²) in [5.74, 6) is 0. The Balaban J connectivity index is 1.57. The number of hydrogen-bond acceptors (Lipinski definition) is 6. The lowest BCUT2D eigenvalue weighted by Crippen LogP contribution is -2.36. The molecule has 0 bridgehead atoms. The predicted molar refractivity (Wildman–Crippen MR) is 120 cm³/mol. The molecule has 28 heavy (non-hydrogen) atoms. The lowest BCUT2D eigenvalue weighted by atomic mass is 10.2. The van der Waals surface area contributed by atoms with Crippen molar-refractivity contribution in [2.75, 3.05) is 26.0 Å². The van der Waals surface area contributed by atoms with E-state index in [2.05, 4.69) is 38.0 Å². The Hall–Kier alpha value is -1.87.